The Balaban J connectivity index is 3.13. The number of nitriles is 1. The van der Waals surface area contributed by atoms with Gasteiger partial charge in [0.05, 0.1) is 11.1 Å². The van der Waals surface area contributed by atoms with Crippen LogP contribution in [0.15, 0.2) is 18.5 Å². The molecule has 1 N–H and O–H groups in total. The minimum atomic E-state index is -1.07. The third kappa shape index (κ3) is 1.52. The molecule has 0 unspecified atom stereocenters. The molecule has 0 radical (unpaired) electrons. The minimum absolute atomic E-state index is 0.0315. The maximum Gasteiger partial charge on any atom is 0.337 e. The predicted molar refractivity (Wildman–Crippen MR) is 35.9 cm³/mol. The summed E-state index contributed by atoms with van der Waals surface area (Å²) in [6.45, 7) is 0. The summed E-state index contributed by atoms with van der Waals surface area (Å²) < 4.78 is 0. The van der Waals surface area contributed by atoms with Crippen molar-refractivity contribution < 1.29 is 9.90 Å². The van der Waals surface area contributed by atoms with Gasteiger partial charge in [-0.25, -0.2) is 4.79 Å². The van der Waals surface area contributed by atoms with Gasteiger partial charge in [-0.3, -0.25) is 4.98 Å². The first-order valence-corrected chi connectivity index (χ1v) is 2.82. The molecule has 11 heavy (non-hydrogen) atoms. The largest absolute Gasteiger partial charge is 0.478 e. The number of carboxylic acid groups (broad SMARTS) is 1. The Bertz CT molecular complexity index is 327. The molecule has 0 atom stereocenters. The van der Waals surface area contributed by atoms with Gasteiger partial charge < -0.3 is 5.11 Å². The molecular weight excluding hydrogens is 144 g/mol. The van der Waals surface area contributed by atoms with Gasteiger partial charge in [-0.1, -0.05) is 0 Å². The van der Waals surface area contributed by atoms with Gasteiger partial charge in [0.1, 0.15) is 6.07 Å². The summed E-state index contributed by atoms with van der Waals surface area (Å²) in [5, 5.41) is 16.8. The van der Waals surface area contributed by atoms with E-state index >= 15 is 0 Å². The Morgan fingerprint density at radius 1 is 1.64 bits per heavy atom. The summed E-state index contributed by atoms with van der Waals surface area (Å²) in [5.74, 6) is -1.07. The number of aromatic nitrogens is 1. The Morgan fingerprint density at radius 2 is 2.36 bits per heavy atom. The van der Waals surface area contributed by atoms with Crippen molar-refractivity contribution in [3.8, 4) is 6.07 Å². The quantitative estimate of drug-likeness (QED) is 0.634. The Kier molecular flexibility index (Phi) is 1.83. The molecule has 0 bridgehead atoms. The second kappa shape index (κ2) is 2.80. The highest BCUT2D eigenvalue weighted by atomic mass is 16.4. The number of pyridine rings is 1. The molecule has 4 nitrogen and oxygen atoms in total. The highest BCUT2D eigenvalue weighted by molar-refractivity contribution is 5.87. The van der Waals surface area contributed by atoms with Crippen LogP contribution in [0.3, 0.4) is 0 Å². The fourth-order valence-electron chi connectivity index (χ4n) is 0.618. The molecule has 1 rings (SSSR count). The lowest BCUT2D eigenvalue weighted by molar-refractivity contribution is 0.0696. The number of nitrogens with zero attached hydrogens (tertiary/aromatic N) is 2. The molecule has 0 aliphatic carbocycles. The van der Waals surface area contributed by atoms with Gasteiger partial charge in [-0.05, 0) is 6.07 Å². The Morgan fingerprint density at radius 3 is 2.91 bits per heavy atom. The second-order valence-electron chi connectivity index (χ2n) is 1.88. The lowest BCUT2D eigenvalue weighted by atomic mass is 10.2. The molecule has 0 spiro atoms. The average molecular weight is 148 g/mol. The topological polar surface area (TPSA) is 74.0 Å². The molecule has 0 amide bonds. The molecule has 0 fully saturated rings. The van der Waals surface area contributed by atoms with E-state index in [-0.39, 0.29) is 11.1 Å². The van der Waals surface area contributed by atoms with Crippen LogP contribution in [0.2, 0.25) is 0 Å². The van der Waals surface area contributed by atoms with Crippen molar-refractivity contribution in [3.63, 3.8) is 0 Å². The van der Waals surface area contributed by atoms with Crippen LogP contribution in [0.4, 0.5) is 0 Å². The molecule has 4 heteroatoms. The highest BCUT2D eigenvalue weighted by Gasteiger charge is 2.02. The molecule has 54 valence electrons. The van der Waals surface area contributed by atoms with Gasteiger partial charge in [0, 0.05) is 12.4 Å². The van der Waals surface area contributed by atoms with Gasteiger partial charge in [0.25, 0.3) is 0 Å². The minimum Gasteiger partial charge on any atom is -0.478 e. The number of hydrogen-bond donors (Lipinski definition) is 1. The summed E-state index contributed by atoms with van der Waals surface area (Å²) in [6, 6.07) is 3.07. The lowest BCUT2D eigenvalue weighted by Crippen LogP contribution is -1.97. The zero-order valence-electron chi connectivity index (χ0n) is 5.48. The molecule has 0 saturated heterocycles. The number of hydrogen-bond acceptors (Lipinski definition) is 3. The molecule has 1 heterocycles. The standard InChI is InChI=1S/C7H4N2O2/c8-2-5-1-6(7(10)11)4-9-3-5/h1,3-4H,(H,10,11). The number of rotatable bonds is 1. The van der Waals surface area contributed by atoms with Crippen molar-refractivity contribution in [2.45, 2.75) is 0 Å². The lowest BCUT2D eigenvalue weighted by Gasteiger charge is -1.91. The van der Waals surface area contributed by atoms with Crippen molar-refractivity contribution in [1.29, 1.82) is 5.26 Å². The van der Waals surface area contributed by atoms with E-state index in [1.54, 1.807) is 6.07 Å². The second-order valence-corrected chi connectivity index (χ2v) is 1.88. The van der Waals surface area contributed by atoms with Crippen LogP contribution in [0.25, 0.3) is 0 Å². The van der Waals surface area contributed by atoms with Gasteiger partial charge in [-0.15, -0.1) is 0 Å². The zero-order valence-corrected chi connectivity index (χ0v) is 5.48. The van der Waals surface area contributed by atoms with Crippen molar-refractivity contribution in [3.05, 3.63) is 29.6 Å². The van der Waals surface area contributed by atoms with E-state index in [9.17, 15) is 4.79 Å². The fourth-order valence-corrected chi connectivity index (χ4v) is 0.618. The van der Waals surface area contributed by atoms with E-state index in [0.717, 1.165) is 0 Å². The van der Waals surface area contributed by atoms with Crippen LogP contribution in [0, 0.1) is 11.3 Å². The molecule has 1 aromatic heterocycles. The van der Waals surface area contributed by atoms with Gasteiger partial charge in [0.15, 0.2) is 0 Å². The van der Waals surface area contributed by atoms with Crippen LogP contribution in [0.5, 0.6) is 0 Å². The predicted octanol–water partition coefficient (Wildman–Crippen LogP) is 0.651. The summed E-state index contributed by atoms with van der Waals surface area (Å²) in [4.78, 5) is 13.9. The van der Waals surface area contributed by atoms with Crippen molar-refractivity contribution in [1.82, 2.24) is 4.98 Å². The summed E-state index contributed by atoms with van der Waals surface area (Å²) >= 11 is 0. The number of carboxylic acids is 1. The Labute approximate surface area is 62.7 Å². The molecule has 0 aromatic carbocycles. The van der Waals surface area contributed by atoms with E-state index in [2.05, 4.69) is 4.98 Å². The van der Waals surface area contributed by atoms with E-state index < -0.39 is 5.97 Å². The van der Waals surface area contributed by atoms with Crippen molar-refractivity contribution >= 4 is 5.97 Å². The van der Waals surface area contributed by atoms with Crippen molar-refractivity contribution in [2.24, 2.45) is 0 Å². The van der Waals surface area contributed by atoms with Crippen LogP contribution in [-0.2, 0) is 0 Å². The number of aromatic carboxylic acids is 1. The van der Waals surface area contributed by atoms with Crippen LogP contribution in [-0.4, -0.2) is 16.1 Å². The summed E-state index contributed by atoms with van der Waals surface area (Å²) in [5.41, 5.74) is 0.286. The van der Waals surface area contributed by atoms with Gasteiger partial charge in [-0.2, -0.15) is 5.26 Å². The maximum absolute atomic E-state index is 10.3. The first-order chi connectivity index (χ1) is 5.24. The molecule has 0 saturated carbocycles. The van der Waals surface area contributed by atoms with E-state index in [1.807, 2.05) is 0 Å². The first-order valence-electron chi connectivity index (χ1n) is 2.82. The average Bonchev–Trinajstić information content (AvgIpc) is 2.05. The van der Waals surface area contributed by atoms with Crippen LogP contribution < -0.4 is 0 Å². The van der Waals surface area contributed by atoms with Crippen LogP contribution >= 0.6 is 0 Å². The van der Waals surface area contributed by atoms with Gasteiger partial charge in [0.2, 0.25) is 0 Å². The van der Waals surface area contributed by atoms with Crippen molar-refractivity contribution in [2.75, 3.05) is 0 Å². The highest BCUT2D eigenvalue weighted by Crippen LogP contribution is 2.00. The Hall–Kier alpha value is -1.89. The normalized spacial score (nSPS) is 8.64. The smallest absolute Gasteiger partial charge is 0.337 e. The summed E-state index contributed by atoms with van der Waals surface area (Å²) in [6.07, 6.45) is 2.51. The fraction of sp³-hybridized carbons (Fsp3) is 0. The molecule has 1 aromatic rings. The molecular formula is C7H4N2O2. The SMILES string of the molecule is N#Cc1cncc(C(=O)O)c1. The molecule has 0 aliphatic rings. The van der Waals surface area contributed by atoms with E-state index in [1.165, 1.54) is 18.5 Å². The van der Waals surface area contributed by atoms with E-state index in [0.29, 0.717) is 0 Å². The third-order valence-electron chi connectivity index (χ3n) is 1.11. The third-order valence-corrected chi connectivity index (χ3v) is 1.11. The first kappa shape index (κ1) is 7.22. The molecule has 0 aliphatic heterocycles. The monoisotopic (exact) mass is 148 g/mol. The van der Waals surface area contributed by atoms with Gasteiger partial charge >= 0.3 is 5.97 Å². The zero-order chi connectivity index (χ0) is 8.27. The van der Waals surface area contributed by atoms with E-state index in [4.69, 9.17) is 10.4 Å². The van der Waals surface area contributed by atoms with Crippen LogP contribution in [0.1, 0.15) is 15.9 Å². The summed E-state index contributed by atoms with van der Waals surface area (Å²) in [7, 11) is 0. The maximum atomic E-state index is 10.3. The number of carbonyl (C=O) groups is 1.